The van der Waals surface area contributed by atoms with Gasteiger partial charge in [-0.25, -0.2) is 0 Å². The molecule has 128 valence electrons. The van der Waals surface area contributed by atoms with Crippen molar-refractivity contribution >= 4 is 11.8 Å². The van der Waals surface area contributed by atoms with E-state index in [1.54, 1.807) is 6.07 Å². The van der Waals surface area contributed by atoms with E-state index in [2.05, 4.69) is 10.2 Å². The maximum absolute atomic E-state index is 12.3. The van der Waals surface area contributed by atoms with Crippen molar-refractivity contribution in [3.63, 3.8) is 0 Å². The third kappa shape index (κ3) is 2.86. The quantitative estimate of drug-likeness (QED) is 0.886. The number of benzene rings is 1. The van der Waals surface area contributed by atoms with Crippen LogP contribution in [0, 0.1) is 0 Å². The van der Waals surface area contributed by atoms with Crippen molar-refractivity contribution < 1.29 is 14.3 Å². The van der Waals surface area contributed by atoms with Crippen LogP contribution in [0.3, 0.4) is 0 Å². The molecule has 1 aromatic carbocycles. The fraction of sp³-hybridized carbons (Fsp3) is 0.556. The lowest BCUT2D eigenvalue weighted by Crippen LogP contribution is -2.61. The summed E-state index contributed by atoms with van der Waals surface area (Å²) in [5.74, 6) is 0.809. The number of piperidine rings is 1. The first kappa shape index (κ1) is 15.4. The number of rotatable bonds is 2. The summed E-state index contributed by atoms with van der Waals surface area (Å²) in [4.78, 5) is 28.7. The van der Waals surface area contributed by atoms with Crippen LogP contribution in [0.25, 0.3) is 0 Å². The maximum atomic E-state index is 12.3. The number of carbonyl (C=O) groups is 2. The van der Waals surface area contributed by atoms with Crippen LogP contribution in [-0.4, -0.2) is 60.1 Å². The third-order valence-electron chi connectivity index (χ3n) is 5.26. The smallest absolute Gasteiger partial charge is 0.258 e. The van der Waals surface area contributed by atoms with Crippen molar-refractivity contribution in [2.24, 2.45) is 0 Å². The largest absolute Gasteiger partial charge is 0.467 e. The number of para-hydroxylation sites is 1. The molecule has 6 nitrogen and oxygen atoms in total. The third-order valence-corrected chi connectivity index (χ3v) is 5.26. The van der Waals surface area contributed by atoms with Gasteiger partial charge in [0.05, 0.1) is 12.1 Å². The van der Waals surface area contributed by atoms with Gasteiger partial charge in [-0.1, -0.05) is 12.1 Å². The summed E-state index contributed by atoms with van der Waals surface area (Å²) >= 11 is 0. The molecular weight excluding hydrogens is 306 g/mol. The van der Waals surface area contributed by atoms with Crippen molar-refractivity contribution in [1.82, 2.24) is 15.1 Å². The minimum atomic E-state index is -0.626. The molecule has 3 aliphatic rings. The zero-order chi connectivity index (χ0) is 16.6. The first-order valence-electron chi connectivity index (χ1n) is 8.76. The zero-order valence-corrected chi connectivity index (χ0v) is 13.8. The highest BCUT2D eigenvalue weighted by atomic mass is 16.5. The Morgan fingerprint density at radius 3 is 2.58 bits per heavy atom. The van der Waals surface area contributed by atoms with E-state index < -0.39 is 5.72 Å². The van der Waals surface area contributed by atoms with Crippen LogP contribution < -0.4 is 10.1 Å². The van der Waals surface area contributed by atoms with Gasteiger partial charge in [0.25, 0.3) is 5.91 Å². The number of carbonyl (C=O) groups excluding carboxylic acids is 2. The second-order valence-corrected chi connectivity index (χ2v) is 6.91. The highest BCUT2D eigenvalue weighted by molar-refractivity contribution is 5.98. The SMILES string of the molecule is O=C1NC2(CCN(CC(=O)N3CCCC3)CC2)Oc2ccccc21. The molecule has 0 unspecified atom stereocenters. The topological polar surface area (TPSA) is 61.9 Å². The van der Waals surface area contributed by atoms with Crippen molar-refractivity contribution in [2.75, 3.05) is 32.7 Å². The predicted molar refractivity (Wildman–Crippen MR) is 88.8 cm³/mol. The Kier molecular flexibility index (Phi) is 3.92. The van der Waals surface area contributed by atoms with Gasteiger partial charge in [-0.15, -0.1) is 0 Å². The molecule has 1 N–H and O–H groups in total. The molecule has 0 atom stereocenters. The normalized spacial score (nSPS) is 22.8. The number of nitrogens with zero attached hydrogens (tertiary/aromatic N) is 2. The van der Waals surface area contributed by atoms with E-state index in [1.807, 2.05) is 23.1 Å². The molecule has 2 amide bonds. The molecule has 0 saturated carbocycles. The number of ether oxygens (including phenoxy) is 1. The van der Waals surface area contributed by atoms with E-state index in [4.69, 9.17) is 4.74 Å². The molecule has 2 fully saturated rings. The van der Waals surface area contributed by atoms with Gasteiger partial charge in [-0.05, 0) is 25.0 Å². The van der Waals surface area contributed by atoms with Gasteiger partial charge in [0.15, 0.2) is 5.72 Å². The van der Waals surface area contributed by atoms with Gasteiger partial charge in [0.1, 0.15) is 5.75 Å². The second-order valence-electron chi connectivity index (χ2n) is 6.91. The molecule has 0 aliphatic carbocycles. The Hall–Kier alpha value is -2.08. The second kappa shape index (κ2) is 6.09. The molecule has 4 rings (SSSR count). The van der Waals surface area contributed by atoms with Crippen molar-refractivity contribution in [3.8, 4) is 5.75 Å². The summed E-state index contributed by atoms with van der Waals surface area (Å²) in [6, 6.07) is 7.35. The lowest BCUT2D eigenvalue weighted by Gasteiger charge is -2.44. The van der Waals surface area contributed by atoms with E-state index >= 15 is 0 Å². The molecule has 6 heteroatoms. The van der Waals surface area contributed by atoms with E-state index in [0.717, 1.165) is 39.0 Å². The molecule has 2 saturated heterocycles. The monoisotopic (exact) mass is 329 g/mol. The van der Waals surface area contributed by atoms with E-state index in [1.165, 1.54) is 0 Å². The van der Waals surface area contributed by atoms with Crippen molar-refractivity contribution in [2.45, 2.75) is 31.4 Å². The molecule has 1 aromatic rings. The van der Waals surface area contributed by atoms with Gasteiger partial charge >= 0.3 is 0 Å². The number of fused-ring (bicyclic) bond motifs is 1. The average Bonchev–Trinajstić information content (AvgIpc) is 3.12. The number of hydrogen-bond acceptors (Lipinski definition) is 4. The standard InChI is InChI=1S/C18H23N3O3/c22-16(21-9-3-4-10-21)13-20-11-7-18(8-12-20)19-17(23)14-5-1-2-6-15(14)24-18/h1-2,5-6H,3-4,7-13H2,(H,19,23). The Labute approximate surface area is 141 Å². The Balaban J connectivity index is 1.38. The molecule has 0 bridgehead atoms. The number of nitrogens with one attached hydrogen (secondary N) is 1. The van der Waals surface area contributed by atoms with Gasteiger partial charge in [-0.2, -0.15) is 0 Å². The van der Waals surface area contributed by atoms with Crippen LogP contribution >= 0.6 is 0 Å². The minimum absolute atomic E-state index is 0.0709. The van der Waals surface area contributed by atoms with Gasteiger partial charge in [0, 0.05) is 39.0 Å². The van der Waals surface area contributed by atoms with E-state index in [-0.39, 0.29) is 11.8 Å². The van der Waals surface area contributed by atoms with Crippen LogP contribution in [0.2, 0.25) is 0 Å². The Morgan fingerprint density at radius 1 is 1.12 bits per heavy atom. The minimum Gasteiger partial charge on any atom is -0.467 e. The number of likely N-dealkylation sites (tertiary alicyclic amines) is 2. The van der Waals surface area contributed by atoms with Crippen molar-refractivity contribution in [3.05, 3.63) is 29.8 Å². The van der Waals surface area contributed by atoms with Crippen LogP contribution in [0.15, 0.2) is 24.3 Å². The maximum Gasteiger partial charge on any atom is 0.258 e. The summed E-state index contributed by atoms with van der Waals surface area (Å²) in [5.41, 5.74) is -0.0340. The first-order chi connectivity index (χ1) is 11.7. The first-order valence-corrected chi connectivity index (χ1v) is 8.76. The van der Waals surface area contributed by atoms with E-state index in [0.29, 0.717) is 30.7 Å². The molecule has 1 spiro atoms. The molecule has 24 heavy (non-hydrogen) atoms. The van der Waals surface area contributed by atoms with Crippen LogP contribution in [0.4, 0.5) is 0 Å². The van der Waals surface area contributed by atoms with Crippen molar-refractivity contribution in [1.29, 1.82) is 0 Å². The fourth-order valence-electron chi connectivity index (χ4n) is 3.81. The van der Waals surface area contributed by atoms with Gasteiger partial charge in [-0.3, -0.25) is 14.5 Å². The zero-order valence-electron chi connectivity index (χ0n) is 13.8. The molecule has 3 heterocycles. The predicted octanol–water partition coefficient (Wildman–Crippen LogP) is 1.22. The molecular formula is C18H23N3O3. The lowest BCUT2D eigenvalue weighted by atomic mass is 9.97. The van der Waals surface area contributed by atoms with Crippen LogP contribution in [0.1, 0.15) is 36.0 Å². The summed E-state index contributed by atoms with van der Waals surface area (Å²) in [6.45, 7) is 3.77. The Morgan fingerprint density at radius 2 is 1.83 bits per heavy atom. The fourth-order valence-corrected chi connectivity index (χ4v) is 3.81. The van der Waals surface area contributed by atoms with E-state index in [9.17, 15) is 9.59 Å². The number of hydrogen-bond donors (Lipinski definition) is 1. The lowest BCUT2D eigenvalue weighted by molar-refractivity contribution is -0.132. The summed E-state index contributed by atoms with van der Waals surface area (Å²) in [7, 11) is 0. The van der Waals surface area contributed by atoms with Crippen LogP contribution in [-0.2, 0) is 4.79 Å². The van der Waals surface area contributed by atoms with Gasteiger partial charge in [0.2, 0.25) is 5.91 Å². The summed E-state index contributed by atoms with van der Waals surface area (Å²) in [5, 5.41) is 3.03. The van der Waals surface area contributed by atoms with Gasteiger partial charge < -0.3 is 15.0 Å². The highest BCUT2D eigenvalue weighted by Crippen LogP contribution is 2.33. The molecule has 0 aromatic heterocycles. The molecule has 0 radical (unpaired) electrons. The Bertz CT molecular complexity index is 647. The summed E-state index contributed by atoms with van der Waals surface area (Å²) in [6.07, 6.45) is 3.63. The highest BCUT2D eigenvalue weighted by Gasteiger charge is 2.42. The molecule has 3 aliphatic heterocycles. The number of amides is 2. The summed E-state index contributed by atoms with van der Waals surface area (Å²) < 4.78 is 6.13. The average molecular weight is 329 g/mol. The van der Waals surface area contributed by atoms with Crippen LogP contribution in [0.5, 0.6) is 5.75 Å².